The number of hydrogen-bond donors (Lipinski definition) is 0. The molecule has 0 aliphatic heterocycles. The first-order valence-corrected chi connectivity index (χ1v) is 9.74. The van der Waals surface area contributed by atoms with E-state index >= 15 is 0 Å². The second kappa shape index (κ2) is 7.36. The Kier molecular flexibility index (Phi) is 4.41. The monoisotopic (exact) mass is 379 g/mol. The van der Waals surface area contributed by atoms with E-state index in [1.54, 1.807) is 0 Å². The maximum absolute atomic E-state index is 4.80. The van der Waals surface area contributed by atoms with E-state index in [2.05, 4.69) is 45.8 Å². The minimum Gasteiger partial charge on any atom is -0.325 e. The summed E-state index contributed by atoms with van der Waals surface area (Å²) in [6, 6.07) is 22.8. The lowest BCUT2D eigenvalue weighted by atomic mass is 10.0. The smallest absolute Gasteiger partial charge is 0.0963 e. The Hall–Kier alpha value is -3.73. The first-order valence-electron chi connectivity index (χ1n) is 9.74. The van der Waals surface area contributed by atoms with Crippen LogP contribution >= 0.6 is 0 Å². The molecule has 29 heavy (non-hydrogen) atoms. The summed E-state index contributed by atoms with van der Waals surface area (Å²) in [6.07, 6.45) is 7.68. The van der Waals surface area contributed by atoms with Gasteiger partial charge in [0.2, 0.25) is 0 Å². The molecule has 5 rings (SSSR count). The van der Waals surface area contributed by atoms with Crippen LogP contribution in [0.2, 0.25) is 0 Å². The van der Waals surface area contributed by atoms with E-state index in [1.165, 1.54) is 0 Å². The fourth-order valence-electron chi connectivity index (χ4n) is 3.76. The molecular weight excluding hydrogens is 358 g/mol. The normalized spacial score (nSPS) is 12.3. The van der Waals surface area contributed by atoms with Crippen molar-refractivity contribution in [2.24, 2.45) is 0 Å². The van der Waals surface area contributed by atoms with Crippen LogP contribution in [-0.4, -0.2) is 24.3 Å². The van der Waals surface area contributed by atoms with E-state index < -0.39 is 0 Å². The van der Waals surface area contributed by atoms with Gasteiger partial charge in [-0.05, 0) is 25.1 Å². The van der Waals surface area contributed by atoms with Gasteiger partial charge in [-0.15, -0.1) is 0 Å². The second-order valence-corrected chi connectivity index (χ2v) is 7.21. The Morgan fingerprint density at radius 1 is 0.897 bits per heavy atom. The van der Waals surface area contributed by atoms with Crippen LogP contribution in [0.1, 0.15) is 13.0 Å². The van der Waals surface area contributed by atoms with Crippen LogP contribution in [0.4, 0.5) is 0 Å². The van der Waals surface area contributed by atoms with Gasteiger partial charge in [0.1, 0.15) is 0 Å². The molecule has 0 spiro atoms. The molecule has 3 heterocycles. The molecule has 0 N–H and O–H groups in total. The topological polar surface area (TPSA) is 48.5 Å². The molecule has 0 aliphatic carbocycles. The van der Waals surface area contributed by atoms with E-state index in [0.717, 1.165) is 40.0 Å². The van der Waals surface area contributed by atoms with E-state index in [4.69, 9.17) is 4.98 Å². The zero-order valence-electron chi connectivity index (χ0n) is 16.2. The summed E-state index contributed by atoms with van der Waals surface area (Å²) >= 11 is 0. The van der Waals surface area contributed by atoms with Gasteiger partial charge in [0.15, 0.2) is 0 Å². The van der Waals surface area contributed by atoms with Crippen LogP contribution in [0.3, 0.4) is 0 Å². The van der Waals surface area contributed by atoms with Crippen molar-refractivity contribution < 1.29 is 0 Å². The lowest BCUT2D eigenvalue weighted by Gasteiger charge is -2.18. The van der Waals surface area contributed by atoms with Crippen molar-refractivity contribution in [3.8, 4) is 22.5 Å². The van der Waals surface area contributed by atoms with Gasteiger partial charge in [-0.25, -0.2) is 4.98 Å². The number of aromatic nitrogens is 5. The highest BCUT2D eigenvalue weighted by atomic mass is 15.3. The minimum atomic E-state index is 0.182. The molecule has 0 amide bonds. The molecule has 5 nitrogen and oxygen atoms in total. The van der Waals surface area contributed by atoms with Crippen molar-refractivity contribution in [3.63, 3.8) is 0 Å². The third-order valence-electron chi connectivity index (χ3n) is 5.19. The van der Waals surface area contributed by atoms with Crippen LogP contribution in [-0.2, 0) is 6.54 Å². The average molecular weight is 379 g/mol. The standard InChI is InChI=1S/C24H21N5/c1-18(16-28-13-7-12-27-28)29-17-26-23(19-8-3-2-4-9-19)24(29)21-14-20-10-5-6-11-22(20)25-15-21/h2-15,17-18H,16H2,1H3/t18-/m0/s1. The van der Waals surface area contributed by atoms with Crippen LogP contribution in [0.5, 0.6) is 0 Å². The maximum atomic E-state index is 4.80. The molecule has 0 radical (unpaired) electrons. The fourth-order valence-corrected chi connectivity index (χ4v) is 3.76. The number of para-hydroxylation sites is 1. The number of pyridine rings is 1. The third-order valence-corrected chi connectivity index (χ3v) is 5.19. The number of rotatable bonds is 5. The third kappa shape index (κ3) is 3.31. The maximum Gasteiger partial charge on any atom is 0.0963 e. The number of imidazole rings is 1. The Balaban J connectivity index is 1.66. The predicted octanol–water partition coefficient (Wildman–Crippen LogP) is 5.22. The van der Waals surface area contributed by atoms with Crippen molar-refractivity contribution in [2.45, 2.75) is 19.5 Å². The van der Waals surface area contributed by atoms with E-state index in [1.807, 2.05) is 72.1 Å². The van der Waals surface area contributed by atoms with Crippen molar-refractivity contribution in [1.29, 1.82) is 0 Å². The molecule has 0 bridgehead atoms. The SMILES string of the molecule is C[C@@H](Cn1cccn1)n1cnc(-c2ccccc2)c1-c1cnc2ccccc2c1. The van der Waals surface area contributed by atoms with Gasteiger partial charge in [0.05, 0.1) is 35.8 Å². The van der Waals surface area contributed by atoms with Gasteiger partial charge in [-0.1, -0.05) is 48.5 Å². The number of benzene rings is 2. The quantitative estimate of drug-likeness (QED) is 0.420. The number of fused-ring (bicyclic) bond motifs is 1. The highest BCUT2D eigenvalue weighted by molar-refractivity contribution is 5.86. The van der Waals surface area contributed by atoms with Crippen molar-refractivity contribution in [1.82, 2.24) is 24.3 Å². The molecule has 0 saturated carbocycles. The summed E-state index contributed by atoms with van der Waals surface area (Å²) in [5, 5.41) is 5.48. The van der Waals surface area contributed by atoms with Gasteiger partial charge < -0.3 is 4.57 Å². The number of hydrogen-bond acceptors (Lipinski definition) is 3. The molecule has 142 valence electrons. The highest BCUT2D eigenvalue weighted by Gasteiger charge is 2.19. The molecule has 1 atom stereocenters. The lowest BCUT2D eigenvalue weighted by Crippen LogP contribution is -2.14. The average Bonchev–Trinajstić information content (AvgIpc) is 3.44. The summed E-state index contributed by atoms with van der Waals surface area (Å²) in [6.45, 7) is 2.96. The van der Waals surface area contributed by atoms with Gasteiger partial charge in [-0.2, -0.15) is 5.10 Å². The summed E-state index contributed by atoms with van der Waals surface area (Å²) in [5.74, 6) is 0. The van der Waals surface area contributed by atoms with E-state index in [9.17, 15) is 0 Å². The molecule has 0 unspecified atom stereocenters. The van der Waals surface area contributed by atoms with Gasteiger partial charge >= 0.3 is 0 Å². The highest BCUT2D eigenvalue weighted by Crippen LogP contribution is 2.34. The predicted molar refractivity (Wildman–Crippen MR) is 115 cm³/mol. The molecule has 0 aliphatic rings. The van der Waals surface area contributed by atoms with E-state index in [-0.39, 0.29) is 6.04 Å². The summed E-state index contributed by atoms with van der Waals surface area (Å²) < 4.78 is 4.19. The first kappa shape index (κ1) is 17.4. The molecule has 3 aromatic heterocycles. The fraction of sp³-hybridized carbons (Fsp3) is 0.125. The molecule has 0 saturated heterocycles. The summed E-state index contributed by atoms with van der Waals surface area (Å²) in [4.78, 5) is 9.49. The Morgan fingerprint density at radius 3 is 2.55 bits per heavy atom. The van der Waals surface area contributed by atoms with Gasteiger partial charge in [-0.3, -0.25) is 9.67 Å². The van der Waals surface area contributed by atoms with E-state index in [0.29, 0.717) is 0 Å². The molecule has 5 heteroatoms. The lowest BCUT2D eigenvalue weighted by molar-refractivity contribution is 0.440. The molecule has 2 aromatic carbocycles. The molecule has 0 fully saturated rings. The van der Waals surface area contributed by atoms with Crippen LogP contribution in [0, 0.1) is 0 Å². The Bertz CT molecular complexity index is 1240. The van der Waals surface area contributed by atoms with Gasteiger partial charge in [0, 0.05) is 35.1 Å². The molecule has 5 aromatic rings. The van der Waals surface area contributed by atoms with Crippen molar-refractivity contribution in [2.75, 3.05) is 0 Å². The Morgan fingerprint density at radius 2 is 1.72 bits per heavy atom. The Labute approximate surface area is 169 Å². The van der Waals surface area contributed by atoms with Crippen molar-refractivity contribution >= 4 is 10.9 Å². The van der Waals surface area contributed by atoms with Crippen LogP contribution < -0.4 is 0 Å². The minimum absolute atomic E-state index is 0.182. The zero-order chi connectivity index (χ0) is 19.6. The zero-order valence-corrected chi connectivity index (χ0v) is 16.2. The molecular formula is C24H21N5. The van der Waals surface area contributed by atoms with Gasteiger partial charge in [0.25, 0.3) is 0 Å². The number of nitrogens with zero attached hydrogens (tertiary/aromatic N) is 5. The summed E-state index contributed by atoms with van der Waals surface area (Å²) in [5.41, 5.74) is 5.20. The summed E-state index contributed by atoms with van der Waals surface area (Å²) in [7, 11) is 0. The first-order chi connectivity index (χ1) is 14.3. The van der Waals surface area contributed by atoms with Crippen LogP contribution in [0.15, 0.2) is 91.6 Å². The van der Waals surface area contributed by atoms with Crippen molar-refractivity contribution in [3.05, 3.63) is 91.6 Å². The largest absolute Gasteiger partial charge is 0.325 e. The second-order valence-electron chi connectivity index (χ2n) is 7.21. The van der Waals surface area contributed by atoms with Crippen LogP contribution in [0.25, 0.3) is 33.4 Å².